The molecule has 2 aliphatic rings. The summed E-state index contributed by atoms with van der Waals surface area (Å²) in [4.78, 5) is 42.7. The van der Waals surface area contributed by atoms with Gasteiger partial charge in [-0.05, 0) is 36.6 Å². The number of halogens is 1. The second-order valence-corrected chi connectivity index (χ2v) is 10.0. The summed E-state index contributed by atoms with van der Waals surface area (Å²) in [7, 11) is 0. The van der Waals surface area contributed by atoms with Gasteiger partial charge in [-0.25, -0.2) is 9.78 Å². The van der Waals surface area contributed by atoms with Gasteiger partial charge in [0, 0.05) is 5.02 Å². The molecular weight excluding hydrogens is 474 g/mol. The van der Waals surface area contributed by atoms with Crippen LogP contribution in [0.2, 0.25) is 5.02 Å². The largest absolute Gasteiger partial charge is 0.344 e. The van der Waals surface area contributed by atoms with Crippen LogP contribution in [0.25, 0.3) is 11.0 Å². The van der Waals surface area contributed by atoms with Crippen LogP contribution in [0.5, 0.6) is 0 Å². The molecule has 4 amide bonds. The minimum atomic E-state index is -0.876. The molecule has 0 atom stereocenters. The number of fused-ring (bicyclic) bond motifs is 1. The first-order valence-electron chi connectivity index (χ1n) is 11.2. The zero-order valence-electron chi connectivity index (χ0n) is 18.4. The molecule has 1 aliphatic heterocycles. The van der Waals surface area contributed by atoms with Gasteiger partial charge in [0.25, 0.3) is 5.91 Å². The number of imide groups is 1. The van der Waals surface area contributed by atoms with E-state index in [-0.39, 0.29) is 11.7 Å². The van der Waals surface area contributed by atoms with Crippen molar-refractivity contribution in [1.82, 2.24) is 25.3 Å². The second kappa shape index (κ2) is 9.31. The first-order chi connectivity index (χ1) is 16.4. The maximum absolute atomic E-state index is 12.9. The fourth-order valence-electron chi connectivity index (χ4n) is 4.61. The molecule has 0 bridgehead atoms. The molecular formula is C24H24ClN5O3S. The topological polar surface area (TPSA) is 96.3 Å². The van der Waals surface area contributed by atoms with E-state index in [1.807, 2.05) is 47.0 Å². The number of carbonyl (C=O) groups excluding carboxylic acids is 3. The average molecular weight is 498 g/mol. The summed E-state index contributed by atoms with van der Waals surface area (Å²) in [6.45, 7) is 0.582. The number of amides is 4. The molecule has 8 nitrogen and oxygen atoms in total. The smallest absolute Gasteiger partial charge is 0.322 e. The Morgan fingerprint density at radius 3 is 2.65 bits per heavy atom. The number of rotatable bonds is 6. The van der Waals surface area contributed by atoms with Crippen molar-refractivity contribution >= 4 is 52.2 Å². The third kappa shape index (κ3) is 4.37. The molecule has 1 aromatic heterocycles. The van der Waals surface area contributed by atoms with E-state index < -0.39 is 17.5 Å². The van der Waals surface area contributed by atoms with Gasteiger partial charge in [-0.1, -0.05) is 73.0 Å². The first-order valence-corrected chi connectivity index (χ1v) is 12.6. The Balaban J connectivity index is 1.31. The molecule has 176 valence electrons. The van der Waals surface area contributed by atoms with E-state index >= 15 is 0 Å². The monoisotopic (exact) mass is 497 g/mol. The third-order valence-electron chi connectivity index (χ3n) is 6.30. The summed E-state index contributed by atoms with van der Waals surface area (Å²) < 4.78 is 2.03. The van der Waals surface area contributed by atoms with Gasteiger partial charge in [0.15, 0.2) is 5.16 Å². The van der Waals surface area contributed by atoms with Crippen molar-refractivity contribution in [2.24, 2.45) is 0 Å². The van der Waals surface area contributed by atoms with Gasteiger partial charge in [0.05, 0.1) is 23.3 Å². The van der Waals surface area contributed by atoms with Crippen LogP contribution in [0.1, 0.15) is 37.7 Å². The first kappa shape index (κ1) is 22.7. The molecule has 1 spiro atoms. The molecule has 5 rings (SSSR count). The summed E-state index contributed by atoms with van der Waals surface area (Å²) in [6, 6.07) is 14.9. The lowest BCUT2D eigenvalue weighted by molar-refractivity contribution is -0.139. The summed E-state index contributed by atoms with van der Waals surface area (Å²) in [5, 5.41) is 4.86. The lowest BCUT2D eigenvalue weighted by Gasteiger charge is -2.30. The lowest BCUT2D eigenvalue weighted by Crippen LogP contribution is -2.51. The molecule has 2 aromatic carbocycles. The zero-order chi connectivity index (χ0) is 23.7. The number of benzene rings is 2. The van der Waals surface area contributed by atoms with Crippen molar-refractivity contribution in [3.05, 3.63) is 59.1 Å². The Hall–Kier alpha value is -3.04. The lowest BCUT2D eigenvalue weighted by atomic mass is 9.82. The number of urea groups is 1. The van der Waals surface area contributed by atoms with Crippen LogP contribution in [-0.2, 0) is 16.1 Å². The molecule has 34 heavy (non-hydrogen) atoms. The number of hydrogen-bond donors (Lipinski definition) is 2. The number of carbonyl (C=O) groups is 3. The molecule has 1 saturated heterocycles. The molecule has 0 unspecified atom stereocenters. The SMILES string of the molecule is O=C(CSc1nc2cc(Cl)ccc2n1Cc1ccccc1)NN1C(=O)NC2(CCCCC2)C1=O. The van der Waals surface area contributed by atoms with E-state index in [0.29, 0.717) is 29.6 Å². The van der Waals surface area contributed by atoms with Crippen molar-refractivity contribution in [3.63, 3.8) is 0 Å². The van der Waals surface area contributed by atoms with E-state index in [2.05, 4.69) is 15.7 Å². The van der Waals surface area contributed by atoms with Crippen LogP contribution in [0, 0.1) is 0 Å². The van der Waals surface area contributed by atoms with Gasteiger partial charge in [-0.15, -0.1) is 0 Å². The van der Waals surface area contributed by atoms with Gasteiger partial charge in [-0.2, -0.15) is 5.01 Å². The van der Waals surface area contributed by atoms with E-state index in [0.717, 1.165) is 40.9 Å². The quantitative estimate of drug-likeness (QED) is 0.394. The highest BCUT2D eigenvalue weighted by molar-refractivity contribution is 7.99. The Morgan fingerprint density at radius 1 is 1.12 bits per heavy atom. The molecule has 3 aromatic rings. The van der Waals surface area contributed by atoms with Crippen LogP contribution in [0.3, 0.4) is 0 Å². The molecule has 1 saturated carbocycles. The summed E-state index contributed by atoms with van der Waals surface area (Å²) >= 11 is 7.40. The standard InChI is InChI=1S/C24H24ClN5O3S/c25-17-9-10-19-18(13-17)26-23(29(19)14-16-7-3-1-4-8-16)34-15-20(31)28-30-21(32)24(27-22(30)33)11-5-2-6-12-24/h1,3-4,7-10,13H,2,5-6,11-12,14-15H2,(H,27,33)(H,28,31). The number of hydrogen-bond acceptors (Lipinski definition) is 5. The van der Waals surface area contributed by atoms with Crippen LogP contribution < -0.4 is 10.7 Å². The van der Waals surface area contributed by atoms with E-state index in [1.54, 1.807) is 6.07 Å². The van der Waals surface area contributed by atoms with Crippen molar-refractivity contribution in [3.8, 4) is 0 Å². The van der Waals surface area contributed by atoms with Gasteiger partial charge in [0.2, 0.25) is 5.91 Å². The number of hydrazine groups is 1. The zero-order valence-corrected chi connectivity index (χ0v) is 20.0. The fraction of sp³-hybridized carbons (Fsp3) is 0.333. The van der Waals surface area contributed by atoms with Crippen LogP contribution in [0.15, 0.2) is 53.7 Å². The van der Waals surface area contributed by atoms with Crippen molar-refractivity contribution in [2.45, 2.75) is 49.3 Å². The Kier molecular flexibility index (Phi) is 6.22. The molecule has 0 radical (unpaired) electrons. The van der Waals surface area contributed by atoms with Crippen molar-refractivity contribution in [1.29, 1.82) is 0 Å². The van der Waals surface area contributed by atoms with Crippen molar-refractivity contribution < 1.29 is 14.4 Å². The summed E-state index contributed by atoms with van der Waals surface area (Å²) in [6.07, 6.45) is 4.01. The number of aromatic nitrogens is 2. The van der Waals surface area contributed by atoms with E-state index in [1.165, 1.54) is 11.8 Å². The number of imidazole rings is 1. The van der Waals surface area contributed by atoms with Gasteiger partial charge in [0.1, 0.15) is 5.54 Å². The summed E-state index contributed by atoms with van der Waals surface area (Å²) in [5.41, 5.74) is 4.35. The van der Waals surface area contributed by atoms with Crippen molar-refractivity contribution in [2.75, 3.05) is 5.75 Å². The van der Waals surface area contributed by atoms with Crippen LogP contribution >= 0.6 is 23.4 Å². The predicted molar refractivity (Wildman–Crippen MR) is 130 cm³/mol. The Morgan fingerprint density at radius 2 is 1.88 bits per heavy atom. The summed E-state index contributed by atoms with van der Waals surface area (Å²) in [5.74, 6) is -0.824. The van der Waals surface area contributed by atoms with E-state index in [4.69, 9.17) is 11.6 Å². The Bertz CT molecular complexity index is 1260. The molecule has 1 aliphatic carbocycles. The highest BCUT2D eigenvalue weighted by Crippen LogP contribution is 2.33. The number of nitrogens with zero attached hydrogens (tertiary/aromatic N) is 3. The number of nitrogens with one attached hydrogen (secondary N) is 2. The number of thioether (sulfide) groups is 1. The predicted octanol–water partition coefficient (Wildman–Crippen LogP) is 4.12. The van der Waals surface area contributed by atoms with Crippen LogP contribution in [-0.4, -0.2) is 43.7 Å². The molecule has 10 heteroatoms. The second-order valence-electron chi connectivity index (χ2n) is 8.64. The van der Waals surface area contributed by atoms with Gasteiger partial charge >= 0.3 is 6.03 Å². The minimum absolute atomic E-state index is 0.00406. The highest BCUT2D eigenvalue weighted by atomic mass is 35.5. The Labute approximate surface area is 206 Å². The van der Waals surface area contributed by atoms with Gasteiger partial charge in [-0.3, -0.25) is 15.0 Å². The molecule has 2 heterocycles. The van der Waals surface area contributed by atoms with Crippen LogP contribution in [0.4, 0.5) is 4.79 Å². The average Bonchev–Trinajstić information content (AvgIpc) is 3.28. The van der Waals surface area contributed by atoms with E-state index in [9.17, 15) is 14.4 Å². The third-order valence-corrected chi connectivity index (χ3v) is 7.51. The minimum Gasteiger partial charge on any atom is -0.322 e. The maximum atomic E-state index is 12.9. The maximum Gasteiger partial charge on any atom is 0.344 e. The normalized spacial score (nSPS) is 17.4. The molecule has 2 N–H and O–H groups in total. The highest BCUT2D eigenvalue weighted by Gasteiger charge is 2.52. The van der Waals surface area contributed by atoms with Gasteiger partial charge < -0.3 is 9.88 Å². The molecule has 2 fully saturated rings. The fourth-order valence-corrected chi connectivity index (χ4v) is 5.59.